The summed E-state index contributed by atoms with van der Waals surface area (Å²) >= 11 is 0.691. The molecule has 0 radical (unpaired) electrons. The first-order valence-corrected chi connectivity index (χ1v) is 9.15. The van der Waals surface area contributed by atoms with Crippen molar-refractivity contribution in [3.8, 4) is 0 Å². The number of aliphatic carboxylic acids is 1. The van der Waals surface area contributed by atoms with Crippen molar-refractivity contribution in [1.29, 1.82) is 0 Å². The van der Waals surface area contributed by atoms with Gasteiger partial charge in [-0.1, -0.05) is 44.9 Å². The molecule has 0 heterocycles. The highest BCUT2D eigenvalue weighted by Gasteiger charge is 1.98. The SMILES string of the molecule is O=C(O)CCCCCCCCCCCSOS(=O)(=O)[O-]. The number of carboxylic acids is 1. The third kappa shape index (κ3) is 17.7. The van der Waals surface area contributed by atoms with Gasteiger partial charge in [0.15, 0.2) is 0 Å². The Morgan fingerprint density at radius 1 is 0.950 bits per heavy atom. The highest BCUT2D eigenvalue weighted by atomic mass is 32.3. The summed E-state index contributed by atoms with van der Waals surface area (Å²) in [7, 11) is -4.57. The monoisotopic (exact) mass is 327 g/mol. The van der Waals surface area contributed by atoms with E-state index < -0.39 is 16.4 Å². The maximum atomic E-state index is 10.3. The Balaban J connectivity index is 3.08. The molecule has 0 aromatic rings. The zero-order valence-electron chi connectivity index (χ0n) is 11.6. The quantitative estimate of drug-likeness (QED) is 0.226. The van der Waals surface area contributed by atoms with E-state index in [9.17, 15) is 17.8 Å². The van der Waals surface area contributed by atoms with Crippen LogP contribution in [0.3, 0.4) is 0 Å². The van der Waals surface area contributed by atoms with Crippen LogP contribution in [-0.2, 0) is 18.8 Å². The van der Waals surface area contributed by atoms with Crippen LogP contribution in [-0.4, -0.2) is 29.8 Å². The van der Waals surface area contributed by atoms with Gasteiger partial charge in [0.1, 0.15) is 0 Å². The van der Waals surface area contributed by atoms with Crippen molar-refractivity contribution in [2.45, 2.75) is 64.2 Å². The fourth-order valence-electron chi connectivity index (χ4n) is 1.77. The number of rotatable bonds is 14. The normalized spacial score (nSPS) is 11.7. The van der Waals surface area contributed by atoms with Crippen LogP contribution in [0.15, 0.2) is 0 Å². The van der Waals surface area contributed by atoms with Crippen molar-refractivity contribution in [3.63, 3.8) is 0 Å². The number of carbonyl (C=O) groups is 1. The fraction of sp³-hybridized carbons (Fsp3) is 0.917. The van der Waals surface area contributed by atoms with Crippen molar-refractivity contribution < 1.29 is 26.5 Å². The van der Waals surface area contributed by atoms with Crippen molar-refractivity contribution >= 4 is 28.4 Å². The molecular formula is C12H23O6S2-. The predicted molar refractivity (Wildman–Crippen MR) is 77.0 cm³/mol. The molecule has 0 amide bonds. The van der Waals surface area contributed by atoms with E-state index >= 15 is 0 Å². The molecule has 0 bridgehead atoms. The zero-order valence-corrected chi connectivity index (χ0v) is 13.2. The number of carboxylic acid groups (broad SMARTS) is 1. The van der Waals surface area contributed by atoms with Gasteiger partial charge in [0.25, 0.3) is 0 Å². The van der Waals surface area contributed by atoms with Gasteiger partial charge in [-0.3, -0.25) is 4.79 Å². The van der Waals surface area contributed by atoms with Crippen molar-refractivity contribution in [2.75, 3.05) is 5.75 Å². The molecule has 0 aliphatic rings. The molecule has 6 nitrogen and oxygen atoms in total. The average Bonchev–Trinajstić information content (AvgIpc) is 2.33. The van der Waals surface area contributed by atoms with E-state index in [-0.39, 0.29) is 6.42 Å². The summed E-state index contributed by atoms with van der Waals surface area (Å²) in [6.45, 7) is 0. The smallest absolute Gasteiger partial charge is 0.303 e. The van der Waals surface area contributed by atoms with Gasteiger partial charge in [-0.15, -0.1) is 0 Å². The van der Waals surface area contributed by atoms with E-state index in [1.54, 1.807) is 0 Å². The minimum Gasteiger partial charge on any atom is -0.725 e. The van der Waals surface area contributed by atoms with Gasteiger partial charge in [-0.05, 0) is 12.8 Å². The van der Waals surface area contributed by atoms with Crippen LogP contribution >= 0.6 is 12.0 Å². The average molecular weight is 327 g/mol. The lowest BCUT2D eigenvalue weighted by atomic mass is 10.1. The van der Waals surface area contributed by atoms with E-state index in [0.717, 1.165) is 57.8 Å². The van der Waals surface area contributed by atoms with Crippen LogP contribution in [0.2, 0.25) is 0 Å². The summed E-state index contributed by atoms with van der Waals surface area (Å²) in [4.78, 5) is 10.3. The van der Waals surface area contributed by atoms with Gasteiger partial charge in [0.2, 0.25) is 10.4 Å². The standard InChI is InChI=1S/C12H24O6S2/c13-12(14)10-8-6-4-2-1-3-5-7-9-11-19-18-20(15,16)17/h1-11H2,(H,13,14)(H,15,16,17)/p-1. The lowest BCUT2D eigenvalue weighted by Gasteiger charge is -2.05. The first kappa shape index (κ1) is 19.7. The molecule has 0 aliphatic carbocycles. The predicted octanol–water partition coefficient (Wildman–Crippen LogP) is 3.10. The summed E-state index contributed by atoms with van der Waals surface area (Å²) in [6, 6.07) is 0. The van der Waals surface area contributed by atoms with E-state index in [2.05, 4.69) is 3.63 Å². The molecule has 0 atom stereocenters. The molecule has 120 valence electrons. The van der Waals surface area contributed by atoms with Crippen LogP contribution in [0.5, 0.6) is 0 Å². The third-order valence-electron chi connectivity index (χ3n) is 2.75. The number of hydrogen-bond donors (Lipinski definition) is 1. The van der Waals surface area contributed by atoms with Gasteiger partial charge >= 0.3 is 5.97 Å². The lowest BCUT2D eigenvalue weighted by molar-refractivity contribution is -0.137. The highest BCUT2D eigenvalue weighted by Crippen LogP contribution is 2.13. The minimum absolute atomic E-state index is 0.263. The van der Waals surface area contributed by atoms with Gasteiger partial charge < -0.3 is 9.66 Å². The molecule has 0 spiro atoms. The molecular weight excluding hydrogens is 304 g/mol. The number of hydrogen-bond acceptors (Lipinski definition) is 6. The molecule has 0 saturated heterocycles. The van der Waals surface area contributed by atoms with Gasteiger partial charge in [0.05, 0.1) is 0 Å². The molecule has 0 saturated carbocycles. The second-order valence-electron chi connectivity index (χ2n) is 4.62. The Morgan fingerprint density at radius 3 is 1.85 bits per heavy atom. The van der Waals surface area contributed by atoms with Crippen molar-refractivity contribution in [3.05, 3.63) is 0 Å². The molecule has 0 fully saturated rings. The minimum atomic E-state index is -4.57. The Labute approximate surface area is 125 Å². The Bertz CT molecular complexity index is 342. The van der Waals surface area contributed by atoms with E-state index in [4.69, 9.17) is 5.11 Å². The first-order valence-electron chi connectivity index (χ1n) is 6.90. The molecule has 1 N–H and O–H groups in total. The topological polar surface area (TPSA) is 104 Å². The van der Waals surface area contributed by atoms with Crippen LogP contribution in [0.1, 0.15) is 64.2 Å². The second kappa shape index (κ2) is 12.4. The molecule has 0 aromatic heterocycles. The second-order valence-corrected chi connectivity index (χ2v) is 6.63. The zero-order chi connectivity index (χ0) is 15.3. The van der Waals surface area contributed by atoms with Gasteiger partial charge in [-0.2, -0.15) is 0 Å². The van der Waals surface area contributed by atoms with Crippen LogP contribution in [0, 0.1) is 0 Å². The van der Waals surface area contributed by atoms with Gasteiger partial charge in [-0.25, -0.2) is 12.0 Å². The van der Waals surface area contributed by atoms with Gasteiger partial charge in [0, 0.05) is 24.2 Å². The summed E-state index contributed by atoms with van der Waals surface area (Å²) in [6.07, 6.45) is 9.39. The highest BCUT2D eigenvalue weighted by molar-refractivity contribution is 8.02. The molecule has 0 aliphatic heterocycles. The Hall–Kier alpha value is -0.310. The van der Waals surface area contributed by atoms with E-state index in [1.165, 1.54) is 0 Å². The molecule has 0 rings (SSSR count). The Morgan fingerprint density at radius 2 is 1.40 bits per heavy atom. The molecule has 8 heteroatoms. The Kier molecular flexibility index (Phi) is 12.2. The van der Waals surface area contributed by atoms with Crippen molar-refractivity contribution in [1.82, 2.24) is 0 Å². The first-order chi connectivity index (χ1) is 9.42. The summed E-state index contributed by atoms with van der Waals surface area (Å²) in [5, 5.41) is 8.46. The maximum Gasteiger partial charge on any atom is 0.303 e. The fourth-order valence-corrected chi connectivity index (χ4v) is 2.83. The molecule has 20 heavy (non-hydrogen) atoms. The molecule has 0 aromatic carbocycles. The van der Waals surface area contributed by atoms with Crippen LogP contribution in [0.4, 0.5) is 0 Å². The maximum absolute atomic E-state index is 10.3. The van der Waals surface area contributed by atoms with Crippen LogP contribution in [0.25, 0.3) is 0 Å². The van der Waals surface area contributed by atoms with E-state index in [0.29, 0.717) is 17.8 Å². The third-order valence-corrected chi connectivity index (χ3v) is 4.26. The van der Waals surface area contributed by atoms with E-state index in [1.807, 2.05) is 0 Å². The summed E-state index contributed by atoms with van der Waals surface area (Å²) in [5.41, 5.74) is 0. The summed E-state index contributed by atoms with van der Waals surface area (Å²) < 4.78 is 34.4. The van der Waals surface area contributed by atoms with Crippen LogP contribution < -0.4 is 0 Å². The summed E-state index contributed by atoms with van der Waals surface area (Å²) in [5.74, 6) is -0.215. The largest absolute Gasteiger partial charge is 0.725 e. The van der Waals surface area contributed by atoms with Crippen molar-refractivity contribution in [2.24, 2.45) is 0 Å². The lowest BCUT2D eigenvalue weighted by Crippen LogP contribution is -1.98. The molecule has 0 unspecified atom stereocenters. The number of unbranched alkanes of at least 4 members (excludes halogenated alkanes) is 8.